The van der Waals surface area contributed by atoms with Gasteiger partial charge in [-0.25, -0.2) is 28.8 Å². The Morgan fingerprint density at radius 3 is 0.400 bits per heavy atom. The molecule has 0 spiro atoms. The SMILES string of the molecule is O=C(O)C(=O)O.O=C(O)C(=O)O.O=C(O)C(=O)O.[Tm].[Tm]. The Kier molecular flexibility index (Phi) is 28.9. The van der Waals surface area contributed by atoms with Crippen molar-refractivity contribution in [3.8, 4) is 0 Å². The van der Waals surface area contributed by atoms with E-state index >= 15 is 0 Å². The molecule has 0 amide bonds. The quantitative estimate of drug-likeness (QED) is 0.157. The minimum absolute atomic E-state index is 0. The summed E-state index contributed by atoms with van der Waals surface area (Å²) >= 11 is 0. The van der Waals surface area contributed by atoms with Gasteiger partial charge in [0.2, 0.25) is 0 Å². The van der Waals surface area contributed by atoms with E-state index in [2.05, 4.69) is 0 Å². The van der Waals surface area contributed by atoms with Gasteiger partial charge in [-0.15, -0.1) is 0 Å². The van der Waals surface area contributed by atoms with Crippen LogP contribution in [0, 0.1) is 73.7 Å². The Morgan fingerprint density at radius 2 is 0.400 bits per heavy atom. The summed E-state index contributed by atoms with van der Waals surface area (Å²) < 4.78 is 0. The van der Waals surface area contributed by atoms with E-state index in [0.717, 1.165) is 0 Å². The maximum Gasteiger partial charge on any atom is 0.414 e. The Hall–Kier alpha value is -0.712. The summed E-state index contributed by atoms with van der Waals surface area (Å²) in [5.74, 6) is -10.9. The predicted molar refractivity (Wildman–Crippen MR) is 45.8 cm³/mol. The van der Waals surface area contributed by atoms with E-state index in [4.69, 9.17) is 59.4 Å². The first-order chi connectivity index (χ1) is 7.93. The van der Waals surface area contributed by atoms with Crippen LogP contribution in [0.15, 0.2) is 0 Å². The second kappa shape index (κ2) is 18.3. The van der Waals surface area contributed by atoms with Crippen LogP contribution >= 0.6 is 0 Å². The Morgan fingerprint density at radius 1 is 0.350 bits per heavy atom. The molecule has 0 aromatic rings. The molecule has 0 aliphatic rings. The van der Waals surface area contributed by atoms with Gasteiger partial charge in [-0.3, -0.25) is 0 Å². The van der Waals surface area contributed by atoms with Crippen molar-refractivity contribution in [3.05, 3.63) is 0 Å². The number of carboxylic acid groups (broad SMARTS) is 6. The Labute approximate surface area is 167 Å². The fourth-order valence-corrected chi connectivity index (χ4v) is 0. The first-order valence-electron chi connectivity index (χ1n) is 3.32. The van der Waals surface area contributed by atoms with Crippen LogP contribution in [0.1, 0.15) is 0 Å². The zero-order valence-corrected chi connectivity index (χ0v) is 12.2. The van der Waals surface area contributed by atoms with Gasteiger partial charge in [0.25, 0.3) is 0 Å². The largest absolute Gasteiger partial charge is 0.473 e. The summed E-state index contributed by atoms with van der Waals surface area (Å²) in [6, 6.07) is 0. The molecular weight excluding hydrogens is 602 g/mol. The fraction of sp³-hybridized carbons (Fsp3) is 0. The van der Waals surface area contributed by atoms with E-state index in [-0.39, 0.29) is 73.7 Å². The number of carboxylic acids is 6. The predicted octanol–water partition coefficient (Wildman–Crippen LogP) is -2.53. The molecule has 14 heteroatoms. The smallest absolute Gasteiger partial charge is 0.414 e. The molecule has 0 saturated carbocycles. The molecule has 128 valence electrons. The molecule has 0 bridgehead atoms. The topological polar surface area (TPSA) is 224 Å². The average Bonchev–Trinajstić information content (AvgIpc) is 2.18. The second-order valence-electron chi connectivity index (χ2n) is 1.83. The molecule has 0 atom stereocenters. The van der Waals surface area contributed by atoms with Crippen molar-refractivity contribution in [1.29, 1.82) is 0 Å². The second-order valence-corrected chi connectivity index (χ2v) is 1.83. The zero-order valence-electron chi connectivity index (χ0n) is 8.69. The molecule has 2 radical (unpaired) electrons. The average molecular weight is 608 g/mol. The maximum absolute atomic E-state index is 9.10. The number of hydrogen-bond donors (Lipinski definition) is 6. The van der Waals surface area contributed by atoms with Crippen LogP contribution in [0.5, 0.6) is 0 Å². The summed E-state index contributed by atoms with van der Waals surface area (Å²) in [6.45, 7) is 0. The summed E-state index contributed by atoms with van der Waals surface area (Å²) in [7, 11) is 0. The number of carbonyl (C=O) groups is 6. The molecule has 20 heavy (non-hydrogen) atoms. The van der Waals surface area contributed by atoms with Gasteiger partial charge in [0.15, 0.2) is 0 Å². The molecule has 0 saturated heterocycles. The van der Waals surface area contributed by atoms with Crippen LogP contribution in [-0.4, -0.2) is 66.5 Å². The van der Waals surface area contributed by atoms with Gasteiger partial charge >= 0.3 is 35.8 Å². The van der Waals surface area contributed by atoms with Crippen LogP contribution < -0.4 is 0 Å². The van der Waals surface area contributed by atoms with Crippen LogP contribution in [0.2, 0.25) is 0 Å². The third-order valence-corrected chi connectivity index (χ3v) is 0.549. The molecule has 0 heterocycles. The molecule has 0 aliphatic heterocycles. The fourth-order valence-electron chi connectivity index (χ4n) is 0. The van der Waals surface area contributed by atoms with Crippen molar-refractivity contribution >= 4 is 35.8 Å². The molecular formula is C6H6O12Tm2. The Bertz CT molecular complexity index is 281. The van der Waals surface area contributed by atoms with Crippen LogP contribution in [0.4, 0.5) is 0 Å². The van der Waals surface area contributed by atoms with E-state index < -0.39 is 35.8 Å². The van der Waals surface area contributed by atoms with Crippen molar-refractivity contribution < 1.29 is 133 Å². The first-order valence-corrected chi connectivity index (χ1v) is 3.32. The number of rotatable bonds is 0. The van der Waals surface area contributed by atoms with E-state index in [9.17, 15) is 0 Å². The van der Waals surface area contributed by atoms with Gasteiger partial charge in [-0.1, -0.05) is 0 Å². The van der Waals surface area contributed by atoms with Crippen LogP contribution in [0.25, 0.3) is 0 Å². The normalized spacial score (nSPS) is 6.60. The number of aliphatic carboxylic acids is 6. The summed E-state index contributed by atoms with van der Waals surface area (Å²) in [5.41, 5.74) is 0. The summed E-state index contributed by atoms with van der Waals surface area (Å²) in [6.07, 6.45) is 0. The third-order valence-electron chi connectivity index (χ3n) is 0.549. The third kappa shape index (κ3) is 36.0. The van der Waals surface area contributed by atoms with Crippen LogP contribution in [-0.2, 0) is 28.8 Å². The van der Waals surface area contributed by atoms with Crippen molar-refractivity contribution in [3.63, 3.8) is 0 Å². The van der Waals surface area contributed by atoms with Crippen molar-refractivity contribution in [2.75, 3.05) is 0 Å². The van der Waals surface area contributed by atoms with E-state index in [0.29, 0.717) is 0 Å². The van der Waals surface area contributed by atoms with Gasteiger partial charge < -0.3 is 30.6 Å². The van der Waals surface area contributed by atoms with Gasteiger partial charge in [-0.2, -0.15) is 0 Å². The first kappa shape index (κ1) is 31.6. The van der Waals surface area contributed by atoms with Gasteiger partial charge in [-0.05, 0) is 0 Å². The van der Waals surface area contributed by atoms with Gasteiger partial charge in [0.1, 0.15) is 0 Å². The molecule has 12 nitrogen and oxygen atoms in total. The van der Waals surface area contributed by atoms with Gasteiger partial charge in [0.05, 0.1) is 0 Å². The summed E-state index contributed by atoms with van der Waals surface area (Å²) in [5, 5.41) is 44.3. The van der Waals surface area contributed by atoms with Crippen LogP contribution in [0.3, 0.4) is 0 Å². The maximum atomic E-state index is 9.10. The van der Waals surface area contributed by atoms with Crippen molar-refractivity contribution in [2.45, 2.75) is 0 Å². The molecule has 6 N–H and O–H groups in total. The zero-order chi connectivity index (χ0) is 15.5. The Balaban J connectivity index is -0.0000000536. The molecule has 0 aromatic heterocycles. The molecule has 0 rings (SSSR count). The molecule has 0 unspecified atom stereocenters. The van der Waals surface area contributed by atoms with E-state index in [1.165, 1.54) is 0 Å². The monoisotopic (exact) mass is 608 g/mol. The standard InChI is InChI=1S/3C2H2O4.2Tm/c3*3-1(4)2(5)6;;/h3*(H,3,4)(H,5,6);;. The number of hydrogen-bond acceptors (Lipinski definition) is 6. The molecule has 0 aliphatic carbocycles. The van der Waals surface area contributed by atoms with E-state index in [1.54, 1.807) is 0 Å². The van der Waals surface area contributed by atoms with Crippen molar-refractivity contribution in [1.82, 2.24) is 0 Å². The summed E-state index contributed by atoms with van der Waals surface area (Å²) in [4.78, 5) is 54.6. The van der Waals surface area contributed by atoms with E-state index in [1.807, 2.05) is 0 Å². The molecule has 0 aromatic carbocycles. The molecule has 0 fully saturated rings. The van der Waals surface area contributed by atoms with Crippen molar-refractivity contribution in [2.24, 2.45) is 0 Å². The minimum Gasteiger partial charge on any atom is -0.473 e. The van der Waals surface area contributed by atoms with Gasteiger partial charge in [0, 0.05) is 73.7 Å². The minimum atomic E-state index is -1.82.